The molecule has 0 saturated carbocycles. The van der Waals surface area contributed by atoms with Crippen LogP contribution in [0.3, 0.4) is 0 Å². The molecule has 1 aliphatic rings. The van der Waals surface area contributed by atoms with E-state index in [0.717, 1.165) is 40.1 Å². The van der Waals surface area contributed by atoms with Crippen LogP contribution in [0.15, 0.2) is 66.7 Å². The third-order valence-corrected chi connectivity index (χ3v) is 6.09. The summed E-state index contributed by atoms with van der Waals surface area (Å²) in [6.45, 7) is 4.30. The van der Waals surface area contributed by atoms with E-state index in [4.69, 9.17) is 9.72 Å². The number of ether oxygens (including phenoxy) is 1. The monoisotopic (exact) mass is 445 g/mol. The maximum Gasteiger partial charge on any atom is 0.309 e. The molecule has 170 valence electrons. The first kappa shape index (κ1) is 22.9. The highest BCUT2D eigenvalue weighted by Gasteiger charge is 2.26. The molecule has 1 saturated heterocycles. The van der Waals surface area contributed by atoms with E-state index in [0.29, 0.717) is 6.42 Å². The standard InChI is InChI=1S/C28H28FNO3/c1-3-18(2)25-17-26(19-7-5-4-6-8-19)30-28(20-9-11-21(29)12-10-20)24(25)14-13-23-15-22(31)16-27(32)33-23/h4-14,17-18,22-23,31H,3,15-16H2,1-2H3/b14-13+/t18-,22+,23+/m0/s1. The fourth-order valence-corrected chi connectivity index (χ4v) is 4.09. The molecule has 3 aromatic rings. The fourth-order valence-electron chi connectivity index (χ4n) is 4.09. The van der Waals surface area contributed by atoms with Gasteiger partial charge in [-0.25, -0.2) is 9.37 Å². The molecule has 4 rings (SSSR count). The summed E-state index contributed by atoms with van der Waals surface area (Å²) < 4.78 is 19.1. The number of aliphatic hydroxyl groups is 1. The summed E-state index contributed by atoms with van der Waals surface area (Å²) in [5, 5.41) is 9.97. The van der Waals surface area contributed by atoms with E-state index in [1.54, 1.807) is 12.1 Å². The molecular weight excluding hydrogens is 417 g/mol. The number of carbonyl (C=O) groups excluding carboxylic acids is 1. The Labute approximate surface area is 193 Å². The summed E-state index contributed by atoms with van der Waals surface area (Å²) in [4.78, 5) is 16.8. The van der Waals surface area contributed by atoms with Gasteiger partial charge < -0.3 is 9.84 Å². The van der Waals surface area contributed by atoms with Crippen molar-refractivity contribution in [2.75, 3.05) is 0 Å². The number of aromatic nitrogens is 1. The molecule has 0 amide bonds. The third kappa shape index (κ3) is 5.37. The summed E-state index contributed by atoms with van der Waals surface area (Å²) >= 11 is 0. The van der Waals surface area contributed by atoms with Crippen LogP contribution < -0.4 is 0 Å². The zero-order valence-electron chi connectivity index (χ0n) is 18.9. The number of cyclic esters (lactones) is 1. The van der Waals surface area contributed by atoms with Crippen LogP contribution in [0.4, 0.5) is 4.39 Å². The van der Waals surface area contributed by atoms with E-state index in [2.05, 4.69) is 19.9 Å². The van der Waals surface area contributed by atoms with Crippen LogP contribution in [0.1, 0.15) is 50.2 Å². The number of benzene rings is 2. The lowest BCUT2D eigenvalue weighted by molar-refractivity contribution is -0.156. The molecule has 1 aromatic heterocycles. The van der Waals surface area contributed by atoms with Crippen LogP contribution >= 0.6 is 0 Å². The largest absolute Gasteiger partial charge is 0.458 e. The molecule has 33 heavy (non-hydrogen) atoms. The lowest BCUT2D eigenvalue weighted by atomic mass is 9.89. The second-order valence-corrected chi connectivity index (χ2v) is 8.52. The van der Waals surface area contributed by atoms with E-state index < -0.39 is 18.2 Å². The zero-order valence-corrected chi connectivity index (χ0v) is 18.9. The molecule has 0 aliphatic carbocycles. The maximum absolute atomic E-state index is 13.7. The summed E-state index contributed by atoms with van der Waals surface area (Å²) in [5.41, 5.74) is 5.42. The van der Waals surface area contributed by atoms with Crippen molar-refractivity contribution in [3.05, 3.63) is 83.7 Å². The SMILES string of the molecule is CC[C@H](C)c1cc(-c2ccccc2)nc(-c2ccc(F)cc2)c1/C=C/[C@@H]1C[C@@H](O)CC(=O)O1. The van der Waals surface area contributed by atoms with Crippen LogP contribution in [-0.4, -0.2) is 28.3 Å². The maximum atomic E-state index is 13.7. The van der Waals surface area contributed by atoms with E-state index in [1.165, 1.54) is 12.1 Å². The second kappa shape index (κ2) is 10.1. The quantitative estimate of drug-likeness (QED) is 0.463. The number of aliphatic hydroxyl groups excluding tert-OH is 1. The number of rotatable bonds is 6. The van der Waals surface area contributed by atoms with Crippen LogP contribution in [0.25, 0.3) is 28.6 Å². The van der Waals surface area contributed by atoms with E-state index in [-0.39, 0.29) is 18.2 Å². The van der Waals surface area contributed by atoms with E-state index >= 15 is 0 Å². The van der Waals surface area contributed by atoms with Crippen molar-refractivity contribution in [1.82, 2.24) is 4.98 Å². The van der Waals surface area contributed by atoms with Gasteiger partial charge >= 0.3 is 5.97 Å². The normalized spacial score (nSPS) is 19.5. The van der Waals surface area contributed by atoms with Crippen molar-refractivity contribution in [1.29, 1.82) is 0 Å². The molecule has 0 unspecified atom stereocenters. The Balaban J connectivity index is 1.87. The van der Waals surface area contributed by atoms with Gasteiger partial charge in [-0.2, -0.15) is 0 Å². The number of hydrogen-bond donors (Lipinski definition) is 1. The van der Waals surface area contributed by atoms with Crippen LogP contribution in [-0.2, 0) is 9.53 Å². The first-order valence-electron chi connectivity index (χ1n) is 11.4. The molecule has 4 nitrogen and oxygen atoms in total. The predicted octanol–water partition coefficient (Wildman–Crippen LogP) is 6.15. The minimum absolute atomic E-state index is 0.0244. The molecule has 1 N–H and O–H groups in total. The van der Waals surface area contributed by atoms with Gasteiger partial charge in [0.2, 0.25) is 0 Å². The molecular formula is C28H28FNO3. The summed E-state index contributed by atoms with van der Waals surface area (Å²) in [7, 11) is 0. The molecule has 1 fully saturated rings. The van der Waals surface area contributed by atoms with Crippen molar-refractivity contribution in [3.8, 4) is 22.5 Å². The number of halogens is 1. The Morgan fingerprint density at radius 2 is 1.88 bits per heavy atom. The molecule has 1 aliphatic heterocycles. The van der Waals surface area contributed by atoms with Crippen molar-refractivity contribution in [2.24, 2.45) is 0 Å². The summed E-state index contributed by atoms with van der Waals surface area (Å²) in [6.07, 6.45) is 3.86. The van der Waals surface area contributed by atoms with E-state index in [1.807, 2.05) is 42.5 Å². The van der Waals surface area contributed by atoms with E-state index in [9.17, 15) is 14.3 Å². The van der Waals surface area contributed by atoms with Gasteiger partial charge in [0, 0.05) is 23.1 Å². The number of pyridine rings is 1. The predicted molar refractivity (Wildman–Crippen MR) is 128 cm³/mol. The summed E-state index contributed by atoms with van der Waals surface area (Å²) in [6, 6.07) is 18.4. The van der Waals surface area contributed by atoms with Gasteiger partial charge in [0.05, 0.1) is 23.9 Å². The molecule has 5 heteroatoms. The Morgan fingerprint density at radius 1 is 1.15 bits per heavy atom. The average molecular weight is 446 g/mol. The van der Waals surface area contributed by atoms with Gasteiger partial charge in [0.25, 0.3) is 0 Å². The number of hydrogen-bond acceptors (Lipinski definition) is 4. The third-order valence-electron chi connectivity index (χ3n) is 6.09. The van der Waals surface area contributed by atoms with Crippen LogP contribution in [0.2, 0.25) is 0 Å². The molecule has 0 radical (unpaired) electrons. The minimum atomic E-state index is -0.704. The highest BCUT2D eigenvalue weighted by molar-refractivity contribution is 5.78. The lowest BCUT2D eigenvalue weighted by Crippen LogP contribution is -2.31. The Hall–Kier alpha value is -3.31. The molecule has 0 spiro atoms. The second-order valence-electron chi connectivity index (χ2n) is 8.52. The van der Waals surface area contributed by atoms with Gasteiger partial charge in [0.15, 0.2) is 0 Å². The minimum Gasteiger partial charge on any atom is -0.458 e. The summed E-state index contributed by atoms with van der Waals surface area (Å²) in [5.74, 6) is -0.462. The fraction of sp³-hybridized carbons (Fsp3) is 0.286. The number of carbonyl (C=O) groups is 1. The Kier molecular flexibility index (Phi) is 6.99. The van der Waals surface area contributed by atoms with Gasteiger partial charge in [-0.05, 0) is 54.3 Å². The van der Waals surface area contributed by atoms with Crippen LogP contribution in [0, 0.1) is 5.82 Å². The highest BCUT2D eigenvalue weighted by atomic mass is 19.1. The molecule has 0 bridgehead atoms. The average Bonchev–Trinajstić information content (AvgIpc) is 2.82. The number of nitrogens with zero attached hydrogens (tertiary/aromatic N) is 1. The van der Waals surface area contributed by atoms with Gasteiger partial charge in [-0.15, -0.1) is 0 Å². The zero-order chi connectivity index (χ0) is 23.4. The van der Waals surface area contributed by atoms with Crippen molar-refractivity contribution in [2.45, 2.75) is 51.2 Å². The number of esters is 1. The molecule has 3 atom stereocenters. The van der Waals surface area contributed by atoms with Crippen molar-refractivity contribution >= 4 is 12.0 Å². The van der Waals surface area contributed by atoms with Crippen molar-refractivity contribution < 1.29 is 19.0 Å². The smallest absolute Gasteiger partial charge is 0.309 e. The first-order valence-corrected chi connectivity index (χ1v) is 11.4. The molecule has 2 heterocycles. The Bertz CT molecular complexity index is 1140. The van der Waals surface area contributed by atoms with Crippen LogP contribution in [0.5, 0.6) is 0 Å². The topological polar surface area (TPSA) is 59.4 Å². The molecule has 2 aromatic carbocycles. The van der Waals surface area contributed by atoms with Gasteiger partial charge in [-0.1, -0.05) is 50.3 Å². The Morgan fingerprint density at radius 3 is 2.55 bits per heavy atom. The first-order chi connectivity index (χ1) is 15.9. The highest BCUT2D eigenvalue weighted by Crippen LogP contribution is 2.35. The van der Waals surface area contributed by atoms with Gasteiger partial charge in [0.1, 0.15) is 11.9 Å². The lowest BCUT2D eigenvalue weighted by Gasteiger charge is -2.24. The van der Waals surface area contributed by atoms with Crippen molar-refractivity contribution in [3.63, 3.8) is 0 Å². The van der Waals surface area contributed by atoms with Gasteiger partial charge in [-0.3, -0.25) is 4.79 Å².